The lowest BCUT2D eigenvalue weighted by molar-refractivity contribution is -0.344. The Hall–Kier alpha value is -1.77. The summed E-state index contributed by atoms with van der Waals surface area (Å²) in [4.78, 5) is 23.7. The van der Waals surface area contributed by atoms with Gasteiger partial charge in [-0.2, -0.15) is 25.3 Å². The Morgan fingerprint density at radius 3 is 1.53 bits per heavy atom. The van der Waals surface area contributed by atoms with Crippen molar-refractivity contribution in [2.24, 2.45) is 5.73 Å². The summed E-state index contributed by atoms with van der Waals surface area (Å²) < 4.78 is 133. The first kappa shape index (κ1) is 37.4. The topological polar surface area (TPSA) is 378 Å². The molecule has 2 fully saturated rings. The van der Waals surface area contributed by atoms with E-state index in [-0.39, 0.29) is 19.8 Å². The number of aliphatic carboxylic acids is 2. The number of hydrogen-bond acceptors (Lipinski definition) is 19. The van der Waals surface area contributed by atoms with Crippen LogP contribution in [-0.2, 0) is 77.0 Å². The molecular formula is C16H27NO23S3. The maximum absolute atomic E-state index is 12.0. The first-order valence-corrected chi connectivity index (χ1v) is 15.4. The molecule has 0 spiro atoms. The molecule has 43 heavy (non-hydrogen) atoms. The number of ether oxygens (including phenoxy) is 5. The highest BCUT2D eigenvalue weighted by Crippen LogP contribution is 2.34. The van der Waals surface area contributed by atoms with E-state index >= 15 is 0 Å². The lowest BCUT2D eigenvalue weighted by atomic mass is 9.96. The lowest BCUT2D eigenvalue weighted by Crippen LogP contribution is -2.67. The van der Waals surface area contributed by atoms with Gasteiger partial charge in [0, 0.05) is 6.54 Å². The minimum absolute atomic E-state index is 0.0453. The molecule has 0 bridgehead atoms. The Morgan fingerprint density at radius 2 is 1.07 bits per heavy atom. The Labute approximate surface area is 241 Å². The van der Waals surface area contributed by atoms with Crippen LogP contribution in [0.5, 0.6) is 0 Å². The summed E-state index contributed by atoms with van der Waals surface area (Å²) in [6, 6.07) is 0. The molecule has 2 aliphatic heterocycles. The fourth-order valence-electron chi connectivity index (χ4n) is 3.74. The van der Waals surface area contributed by atoms with E-state index < -0.39 is 111 Å². The van der Waals surface area contributed by atoms with Crippen molar-refractivity contribution in [1.82, 2.24) is 0 Å². The number of nitrogens with two attached hydrogens (primary N) is 1. The average Bonchev–Trinajstić information content (AvgIpc) is 2.83. The Bertz CT molecular complexity index is 1290. The van der Waals surface area contributed by atoms with E-state index in [9.17, 15) is 55.3 Å². The predicted molar refractivity (Wildman–Crippen MR) is 125 cm³/mol. The zero-order chi connectivity index (χ0) is 32.9. The largest absolute Gasteiger partial charge is 0.479 e. The summed E-state index contributed by atoms with van der Waals surface area (Å²) in [5, 5.41) is 40.4. The second-order valence-corrected chi connectivity index (χ2v) is 11.5. The van der Waals surface area contributed by atoms with Crippen LogP contribution >= 0.6 is 0 Å². The summed E-state index contributed by atoms with van der Waals surface area (Å²) >= 11 is 0. The Morgan fingerprint density at radius 1 is 0.651 bits per heavy atom. The lowest BCUT2D eigenvalue weighted by Gasteiger charge is -2.46. The predicted octanol–water partition coefficient (Wildman–Crippen LogP) is -5.73. The fourth-order valence-corrected chi connectivity index (χ4v) is 5.21. The molecule has 252 valence electrons. The number of carboxylic acid groups (broad SMARTS) is 2. The molecule has 0 aromatic rings. The van der Waals surface area contributed by atoms with Crippen molar-refractivity contribution < 1.29 is 105 Å². The number of carboxylic acids is 2. The highest BCUT2D eigenvalue weighted by Gasteiger charge is 2.57. The van der Waals surface area contributed by atoms with Gasteiger partial charge in [0.15, 0.2) is 37.0 Å². The maximum Gasteiger partial charge on any atom is 0.397 e. The maximum atomic E-state index is 12.0. The second-order valence-electron chi connectivity index (χ2n) is 8.35. The van der Waals surface area contributed by atoms with Gasteiger partial charge in [-0.15, -0.1) is 0 Å². The third-order valence-electron chi connectivity index (χ3n) is 5.29. The van der Waals surface area contributed by atoms with E-state index in [1.54, 1.807) is 0 Å². The van der Waals surface area contributed by atoms with Gasteiger partial charge in [-0.25, -0.2) is 22.1 Å². The normalized spacial score (nSPS) is 34.1. The number of hydrogen-bond donors (Lipinski definition) is 8. The SMILES string of the molecule is NCCOCCO[C@@H]1O[C@@H](C(=O)O)[C@@H](O[C@@H]2O[C@@H](C(=O)O)[C@@H](OS(=O)(=O)O)[C@H](O)[C@H]2OS(=O)(=O)O)[C@H](O)[C@H]1OS(=O)(=O)O. The number of carbonyl (C=O) groups is 2. The molecule has 27 heteroatoms. The van der Waals surface area contributed by atoms with Gasteiger partial charge in [0.1, 0.15) is 24.4 Å². The van der Waals surface area contributed by atoms with Crippen LogP contribution in [0, 0.1) is 0 Å². The van der Waals surface area contributed by atoms with E-state index in [4.69, 9.17) is 43.1 Å². The van der Waals surface area contributed by atoms with Crippen LogP contribution in [0.3, 0.4) is 0 Å². The van der Waals surface area contributed by atoms with Gasteiger partial charge in [-0.1, -0.05) is 0 Å². The first-order chi connectivity index (χ1) is 19.6. The Kier molecular flexibility index (Phi) is 13.1. The van der Waals surface area contributed by atoms with Gasteiger partial charge in [-0.05, 0) is 0 Å². The minimum Gasteiger partial charge on any atom is -0.479 e. The van der Waals surface area contributed by atoms with Crippen LogP contribution in [0.15, 0.2) is 0 Å². The molecule has 9 N–H and O–H groups in total. The molecule has 0 aromatic carbocycles. The molecular weight excluding hydrogens is 670 g/mol. The van der Waals surface area contributed by atoms with Crippen LogP contribution in [0.25, 0.3) is 0 Å². The van der Waals surface area contributed by atoms with Crippen LogP contribution in [-0.4, -0.2) is 159 Å². The molecule has 2 heterocycles. The van der Waals surface area contributed by atoms with Gasteiger partial charge in [0.05, 0.1) is 19.8 Å². The molecule has 0 aromatic heterocycles. The monoisotopic (exact) mass is 697 g/mol. The highest BCUT2D eigenvalue weighted by molar-refractivity contribution is 7.81. The van der Waals surface area contributed by atoms with Crippen molar-refractivity contribution in [3.8, 4) is 0 Å². The zero-order valence-corrected chi connectivity index (χ0v) is 23.5. The molecule has 10 atom stereocenters. The average molecular weight is 698 g/mol. The van der Waals surface area contributed by atoms with E-state index in [2.05, 4.69) is 12.5 Å². The summed E-state index contributed by atoms with van der Waals surface area (Å²) in [5.41, 5.74) is 5.24. The van der Waals surface area contributed by atoms with E-state index in [0.29, 0.717) is 0 Å². The van der Waals surface area contributed by atoms with E-state index in [0.717, 1.165) is 0 Å². The van der Waals surface area contributed by atoms with Gasteiger partial charge in [-0.3, -0.25) is 13.7 Å². The van der Waals surface area contributed by atoms with Crippen molar-refractivity contribution in [2.75, 3.05) is 26.4 Å². The van der Waals surface area contributed by atoms with Gasteiger partial charge in [0.2, 0.25) is 0 Å². The van der Waals surface area contributed by atoms with Gasteiger partial charge in [0.25, 0.3) is 0 Å². The minimum atomic E-state index is -5.66. The quantitative estimate of drug-likeness (QED) is 0.0550. The molecule has 2 saturated heterocycles. The van der Waals surface area contributed by atoms with Crippen LogP contribution in [0.2, 0.25) is 0 Å². The molecule has 0 aliphatic carbocycles. The molecule has 2 aliphatic rings. The zero-order valence-electron chi connectivity index (χ0n) is 21.1. The van der Waals surface area contributed by atoms with Crippen LogP contribution in [0.1, 0.15) is 0 Å². The Balaban J connectivity index is 2.49. The van der Waals surface area contributed by atoms with Crippen molar-refractivity contribution >= 4 is 43.1 Å². The van der Waals surface area contributed by atoms with Crippen molar-refractivity contribution in [3.63, 3.8) is 0 Å². The van der Waals surface area contributed by atoms with E-state index in [1.807, 2.05) is 0 Å². The summed E-state index contributed by atoms with van der Waals surface area (Å²) in [5.74, 6) is -4.15. The molecule has 0 amide bonds. The molecule has 2 rings (SSSR count). The van der Waals surface area contributed by atoms with Crippen molar-refractivity contribution in [2.45, 2.75) is 61.4 Å². The van der Waals surface area contributed by atoms with E-state index in [1.165, 1.54) is 0 Å². The van der Waals surface area contributed by atoms with Gasteiger partial charge >= 0.3 is 43.1 Å². The highest BCUT2D eigenvalue weighted by atomic mass is 32.3. The first-order valence-electron chi connectivity index (χ1n) is 11.3. The van der Waals surface area contributed by atoms with Crippen LogP contribution in [0.4, 0.5) is 0 Å². The third-order valence-corrected chi connectivity index (χ3v) is 6.69. The number of aliphatic hydroxyl groups is 2. The number of rotatable bonds is 16. The van der Waals surface area contributed by atoms with Crippen LogP contribution < -0.4 is 5.73 Å². The van der Waals surface area contributed by atoms with Gasteiger partial charge < -0.3 is 49.8 Å². The summed E-state index contributed by atoms with van der Waals surface area (Å²) in [6.45, 7) is -0.546. The summed E-state index contributed by atoms with van der Waals surface area (Å²) in [6.07, 6.45) is -25.6. The molecule has 0 radical (unpaired) electrons. The smallest absolute Gasteiger partial charge is 0.397 e. The second kappa shape index (κ2) is 15.0. The van der Waals surface area contributed by atoms with Crippen molar-refractivity contribution in [3.05, 3.63) is 0 Å². The molecule has 24 nitrogen and oxygen atoms in total. The van der Waals surface area contributed by atoms with Crippen molar-refractivity contribution in [1.29, 1.82) is 0 Å². The molecule has 0 unspecified atom stereocenters. The fraction of sp³-hybridized carbons (Fsp3) is 0.875. The number of aliphatic hydroxyl groups excluding tert-OH is 2. The third kappa shape index (κ3) is 11.3. The standard InChI is InChI=1S/C16H27NO23S3/c17-1-2-33-3-4-34-15-9(39-42(27,28)29)5(18)7(11(36-15)13(20)21)35-16-10(40-43(30,31)32)6(19)8(38-41(24,25)26)12(37-16)14(22)23/h5-12,15-16,18-19H,1-4,17H2,(H,20,21)(H,22,23)(H,24,25,26)(H,27,28,29)(H,30,31,32)/t5-,6-,7-,8-,9+,10+,11+,12+,15+,16+/m0/s1. The summed E-state index contributed by atoms with van der Waals surface area (Å²) in [7, 11) is -16.7. The molecule has 0 saturated carbocycles.